The second kappa shape index (κ2) is 4.72. The van der Waals surface area contributed by atoms with E-state index in [2.05, 4.69) is 6.92 Å². The maximum atomic E-state index is 11.5. The second-order valence-electron chi connectivity index (χ2n) is 4.69. The number of carbonyl (C=O) groups is 1. The van der Waals surface area contributed by atoms with Crippen molar-refractivity contribution in [2.45, 2.75) is 51.6 Å². The third-order valence-corrected chi connectivity index (χ3v) is 3.64. The summed E-state index contributed by atoms with van der Waals surface area (Å²) < 4.78 is 16.5. The van der Waals surface area contributed by atoms with E-state index in [4.69, 9.17) is 14.2 Å². The molecule has 0 unspecified atom stereocenters. The summed E-state index contributed by atoms with van der Waals surface area (Å²) in [5.41, 5.74) is 0. The summed E-state index contributed by atoms with van der Waals surface area (Å²) >= 11 is 0. The molecule has 0 bridgehead atoms. The molecule has 0 amide bonds. The molecule has 2 aliphatic heterocycles. The van der Waals surface area contributed by atoms with Crippen molar-refractivity contribution in [1.29, 1.82) is 0 Å². The van der Waals surface area contributed by atoms with Gasteiger partial charge in [-0.15, -0.1) is 0 Å². The highest BCUT2D eigenvalue weighted by Crippen LogP contribution is 2.42. The molecular formula is C12H20O4. The van der Waals surface area contributed by atoms with Crippen molar-refractivity contribution in [2.75, 3.05) is 7.11 Å². The van der Waals surface area contributed by atoms with Gasteiger partial charge in [-0.25, -0.2) is 0 Å². The summed E-state index contributed by atoms with van der Waals surface area (Å²) in [5.74, 6) is -0.150. The van der Waals surface area contributed by atoms with Gasteiger partial charge in [0.25, 0.3) is 0 Å². The molecule has 4 nitrogen and oxygen atoms in total. The summed E-state index contributed by atoms with van der Waals surface area (Å²) in [7, 11) is 1.62. The number of hydrogen-bond acceptors (Lipinski definition) is 4. The molecule has 92 valence electrons. The Balaban J connectivity index is 2.06. The van der Waals surface area contributed by atoms with Crippen LogP contribution < -0.4 is 0 Å². The number of rotatable bonds is 4. The van der Waals surface area contributed by atoms with Crippen molar-refractivity contribution in [1.82, 2.24) is 0 Å². The Morgan fingerprint density at radius 1 is 1.44 bits per heavy atom. The molecule has 0 N–H and O–H groups in total. The number of methoxy groups -OCH3 is 1. The zero-order valence-electron chi connectivity index (χ0n) is 10.1. The Morgan fingerprint density at radius 3 is 2.81 bits per heavy atom. The van der Waals surface area contributed by atoms with E-state index in [-0.39, 0.29) is 36.3 Å². The van der Waals surface area contributed by atoms with Gasteiger partial charge in [-0.3, -0.25) is 4.79 Å². The van der Waals surface area contributed by atoms with Crippen molar-refractivity contribution < 1.29 is 19.0 Å². The molecule has 0 radical (unpaired) electrons. The molecule has 5 atom stereocenters. The maximum Gasteiger partial charge on any atom is 0.309 e. The summed E-state index contributed by atoms with van der Waals surface area (Å²) in [6.45, 7) is 4.04. The lowest BCUT2D eigenvalue weighted by Gasteiger charge is -2.16. The lowest BCUT2D eigenvalue weighted by Crippen LogP contribution is -2.27. The van der Waals surface area contributed by atoms with Crippen LogP contribution in [-0.4, -0.2) is 31.6 Å². The van der Waals surface area contributed by atoms with E-state index in [1.165, 1.54) is 0 Å². The summed E-state index contributed by atoms with van der Waals surface area (Å²) in [6, 6.07) is 0. The van der Waals surface area contributed by atoms with E-state index in [1.807, 2.05) is 6.92 Å². The third kappa shape index (κ3) is 1.84. The standard InChI is InChI=1S/C12H20O4/c1-4-5-6-8-10-9(12(14-3)15-8)7(2)11(13)16-10/h7-10,12H,4-6H2,1-3H3/t7-,8-,9+,10+,12-/m1/s1. The average molecular weight is 228 g/mol. The van der Waals surface area contributed by atoms with Crippen molar-refractivity contribution >= 4 is 5.97 Å². The molecule has 0 spiro atoms. The molecule has 16 heavy (non-hydrogen) atoms. The van der Waals surface area contributed by atoms with Crippen molar-refractivity contribution in [3.63, 3.8) is 0 Å². The van der Waals surface area contributed by atoms with Crippen molar-refractivity contribution in [3.05, 3.63) is 0 Å². The lowest BCUT2D eigenvalue weighted by molar-refractivity contribution is -0.162. The number of carbonyl (C=O) groups excluding carboxylic acids is 1. The first-order chi connectivity index (χ1) is 7.69. The minimum Gasteiger partial charge on any atom is -0.459 e. The molecule has 0 aromatic carbocycles. The Labute approximate surface area is 96.2 Å². The van der Waals surface area contributed by atoms with Gasteiger partial charge in [-0.2, -0.15) is 0 Å². The fourth-order valence-electron chi connectivity index (χ4n) is 2.67. The molecule has 2 heterocycles. The third-order valence-electron chi connectivity index (χ3n) is 3.64. The molecule has 0 aromatic heterocycles. The fraction of sp³-hybridized carbons (Fsp3) is 0.917. The van der Waals surface area contributed by atoms with E-state index in [0.717, 1.165) is 19.3 Å². The predicted octanol–water partition coefficient (Wildman–Crippen LogP) is 1.73. The molecule has 0 aromatic rings. The second-order valence-corrected chi connectivity index (χ2v) is 4.69. The first-order valence-corrected chi connectivity index (χ1v) is 6.07. The average Bonchev–Trinajstić information content (AvgIpc) is 2.76. The van der Waals surface area contributed by atoms with Crippen LogP contribution in [0.25, 0.3) is 0 Å². The van der Waals surface area contributed by atoms with E-state index < -0.39 is 0 Å². The molecule has 2 aliphatic rings. The zero-order chi connectivity index (χ0) is 11.7. The molecular weight excluding hydrogens is 208 g/mol. The van der Waals surface area contributed by atoms with Crippen LogP contribution >= 0.6 is 0 Å². The molecule has 0 aliphatic carbocycles. The summed E-state index contributed by atoms with van der Waals surface area (Å²) in [4.78, 5) is 11.5. The van der Waals surface area contributed by atoms with Crippen molar-refractivity contribution in [2.24, 2.45) is 11.8 Å². The first-order valence-electron chi connectivity index (χ1n) is 6.07. The highest BCUT2D eigenvalue weighted by molar-refractivity contribution is 5.75. The minimum absolute atomic E-state index is 0.0174. The van der Waals surface area contributed by atoms with Crippen LogP contribution in [0.4, 0.5) is 0 Å². The molecule has 2 rings (SSSR count). The van der Waals surface area contributed by atoms with Crippen molar-refractivity contribution in [3.8, 4) is 0 Å². The van der Waals surface area contributed by atoms with E-state index >= 15 is 0 Å². The number of fused-ring (bicyclic) bond motifs is 1. The Hall–Kier alpha value is -0.610. The normalized spacial score (nSPS) is 42.2. The number of unbranched alkanes of at least 4 members (excludes halogenated alkanes) is 1. The van der Waals surface area contributed by atoms with E-state index in [1.54, 1.807) is 7.11 Å². The van der Waals surface area contributed by atoms with Gasteiger partial charge in [-0.1, -0.05) is 26.7 Å². The summed E-state index contributed by atoms with van der Waals surface area (Å²) in [5, 5.41) is 0. The van der Waals surface area contributed by atoms with Gasteiger partial charge in [-0.05, 0) is 6.42 Å². The van der Waals surface area contributed by atoms with E-state index in [0.29, 0.717) is 0 Å². The van der Waals surface area contributed by atoms with Crippen LogP contribution in [0.3, 0.4) is 0 Å². The van der Waals surface area contributed by atoms with Crippen LogP contribution in [0, 0.1) is 11.8 Å². The van der Waals surface area contributed by atoms with Crippen LogP contribution in [0.15, 0.2) is 0 Å². The van der Waals surface area contributed by atoms with Gasteiger partial charge in [0.15, 0.2) is 6.29 Å². The Morgan fingerprint density at radius 2 is 2.19 bits per heavy atom. The first kappa shape index (κ1) is 11.9. The number of esters is 1. The quantitative estimate of drug-likeness (QED) is 0.687. The topological polar surface area (TPSA) is 44.8 Å². The molecule has 2 fully saturated rings. The highest BCUT2D eigenvalue weighted by atomic mass is 16.7. The minimum atomic E-state index is -0.284. The predicted molar refractivity (Wildman–Crippen MR) is 57.7 cm³/mol. The monoisotopic (exact) mass is 228 g/mol. The van der Waals surface area contributed by atoms with Gasteiger partial charge in [0.2, 0.25) is 0 Å². The van der Waals surface area contributed by atoms with Gasteiger partial charge in [0.1, 0.15) is 6.10 Å². The molecule has 2 saturated heterocycles. The van der Waals surface area contributed by atoms with E-state index in [9.17, 15) is 4.79 Å². The lowest BCUT2D eigenvalue weighted by atomic mass is 9.90. The zero-order valence-corrected chi connectivity index (χ0v) is 10.1. The smallest absolute Gasteiger partial charge is 0.309 e. The van der Waals surface area contributed by atoms with Gasteiger partial charge in [0, 0.05) is 7.11 Å². The van der Waals surface area contributed by atoms with Gasteiger partial charge < -0.3 is 14.2 Å². The van der Waals surface area contributed by atoms with Crippen LogP contribution in [0.1, 0.15) is 33.1 Å². The fourth-order valence-corrected chi connectivity index (χ4v) is 2.67. The molecule has 0 saturated carbocycles. The van der Waals surface area contributed by atoms with Crippen LogP contribution in [0.5, 0.6) is 0 Å². The summed E-state index contributed by atoms with van der Waals surface area (Å²) in [6.07, 6.45) is 2.79. The largest absolute Gasteiger partial charge is 0.459 e. The van der Waals surface area contributed by atoms with Crippen LogP contribution in [-0.2, 0) is 19.0 Å². The number of ether oxygens (including phenoxy) is 3. The van der Waals surface area contributed by atoms with Gasteiger partial charge in [0.05, 0.1) is 17.9 Å². The number of hydrogen-bond donors (Lipinski definition) is 0. The highest BCUT2D eigenvalue weighted by Gasteiger charge is 2.55. The maximum absolute atomic E-state index is 11.5. The Bertz CT molecular complexity index is 266. The van der Waals surface area contributed by atoms with Crippen LogP contribution in [0.2, 0.25) is 0 Å². The molecule has 4 heteroatoms. The van der Waals surface area contributed by atoms with Gasteiger partial charge >= 0.3 is 5.97 Å². The Kier molecular flexibility index (Phi) is 3.50. The SMILES string of the molecule is CCCC[C@H]1O[C@@H](OC)[C@@H]2[C@H]1OC(=O)[C@@H]2C.